The molecule has 4 rings (SSSR count). The van der Waals surface area contributed by atoms with Crippen LogP contribution < -0.4 is 15.9 Å². The van der Waals surface area contributed by atoms with Crippen molar-refractivity contribution in [3.05, 3.63) is 127 Å². The van der Waals surface area contributed by atoms with E-state index in [1.54, 1.807) is 0 Å². The average Bonchev–Trinajstić information content (AvgIpc) is 2.90. The molecule has 4 aromatic carbocycles. The first-order valence-corrected chi connectivity index (χ1v) is 14.5. The molecule has 0 atom stereocenters. The summed E-state index contributed by atoms with van der Waals surface area (Å²) in [5, 5.41) is 2.83. The molecular formula is C27H28O4P2. The van der Waals surface area contributed by atoms with Gasteiger partial charge < -0.3 is 0 Å². The van der Waals surface area contributed by atoms with Crippen molar-refractivity contribution in [3.63, 3.8) is 0 Å². The number of phosphoric acid groups is 1. The van der Waals surface area contributed by atoms with Crippen molar-refractivity contribution in [1.82, 2.24) is 0 Å². The molecule has 0 heterocycles. The Bertz CT molecular complexity index is 1110. The molecule has 0 unspecified atom stereocenters. The van der Waals surface area contributed by atoms with Gasteiger partial charge in [-0.3, -0.25) is 0 Å². The summed E-state index contributed by atoms with van der Waals surface area (Å²) in [7, 11) is -1.22. The first kappa shape index (κ1) is 23.6. The van der Waals surface area contributed by atoms with Crippen LogP contribution in [0.4, 0.5) is 0 Å². The van der Waals surface area contributed by atoms with E-state index in [4.69, 9.17) is 13.4 Å². The molecule has 33 heavy (non-hydrogen) atoms. The Hall–Kier alpha value is -2.58. The third kappa shape index (κ3) is 4.22. The Morgan fingerprint density at radius 1 is 0.576 bits per heavy atom. The van der Waals surface area contributed by atoms with Crippen LogP contribution in [-0.4, -0.2) is 14.2 Å². The van der Waals surface area contributed by atoms with Crippen molar-refractivity contribution in [3.8, 4) is 0 Å². The summed E-state index contributed by atoms with van der Waals surface area (Å²) in [4.78, 5) is 0. The fourth-order valence-electron chi connectivity index (χ4n) is 4.42. The maximum atomic E-state index is 13.8. The molecule has 0 fully saturated rings. The number of hydrogen-bond donors (Lipinski definition) is 0. The van der Waals surface area contributed by atoms with Gasteiger partial charge in [0.2, 0.25) is 0 Å². The van der Waals surface area contributed by atoms with E-state index < -0.39 is 14.7 Å². The van der Waals surface area contributed by atoms with Crippen molar-refractivity contribution in [2.24, 2.45) is 0 Å². The van der Waals surface area contributed by atoms with Gasteiger partial charge >= 0.3 is 196 Å². The molecule has 0 bridgehead atoms. The summed E-state index contributed by atoms with van der Waals surface area (Å²) in [5.41, 5.74) is 1.06. The van der Waals surface area contributed by atoms with Crippen LogP contribution in [0.1, 0.15) is 5.56 Å². The molecule has 0 amide bonds. The molecule has 0 aromatic heterocycles. The molecule has 6 heteroatoms. The molecule has 4 nitrogen and oxygen atoms in total. The van der Waals surface area contributed by atoms with Crippen LogP contribution in [0.25, 0.3) is 0 Å². The zero-order chi connectivity index (χ0) is 23.2. The van der Waals surface area contributed by atoms with Crippen molar-refractivity contribution >= 4 is 30.6 Å². The first-order chi connectivity index (χ1) is 16.1. The van der Waals surface area contributed by atoms with Gasteiger partial charge in [0.05, 0.1) is 0 Å². The Morgan fingerprint density at radius 2 is 0.909 bits per heavy atom. The average molecular weight is 478 g/mol. The van der Waals surface area contributed by atoms with Crippen LogP contribution in [0.3, 0.4) is 0 Å². The quantitative estimate of drug-likeness (QED) is 0.275. The Labute approximate surface area is 195 Å². The predicted molar refractivity (Wildman–Crippen MR) is 138 cm³/mol. The van der Waals surface area contributed by atoms with Gasteiger partial charge in [-0.25, -0.2) is 0 Å². The molecule has 170 valence electrons. The molecular weight excluding hydrogens is 450 g/mol. The van der Waals surface area contributed by atoms with E-state index in [-0.39, 0.29) is 0 Å². The summed E-state index contributed by atoms with van der Waals surface area (Å²) in [6.07, 6.45) is 0.487. The number of rotatable bonds is 9. The Morgan fingerprint density at radius 3 is 1.24 bits per heavy atom. The van der Waals surface area contributed by atoms with Gasteiger partial charge in [0.15, 0.2) is 0 Å². The van der Waals surface area contributed by atoms with Gasteiger partial charge in [-0.1, -0.05) is 0 Å². The van der Waals surface area contributed by atoms with E-state index >= 15 is 0 Å². The molecule has 4 aromatic rings. The molecule has 0 N–H and O–H groups in total. The summed E-state index contributed by atoms with van der Waals surface area (Å²) in [5.74, 6) is 0. The second-order valence-electron chi connectivity index (χ2n) is 7.76. The van der Waals surface area contributed by atoms with Gasteiger partial charge in [0.25, 0.3) is 0 Å². The summed E-state index contributed by atoms with van der Waals surface area (Å²) in [6, 6.07) is 40.3. The van der Waals surface area contributed by atoms with Gasteiger partial charge in [0, 0.05) is 0 Å². The van der Waals surface area contributed by atoms with Crippen molar-refractivity contribution in [2.75, 3.05) is 14.2 Å². The normalized spacial score (nSPS) is 13.2. The zero-order valence-electron chi connectivity index (χ0n) is 18.8. The summed E-state index contributed by atoms with van der Waals surface area (Å²) < 4.78 is 31.6. The van der Waals surface area contributed by atoms with E-state index in [0.29, 0.717) is 6.16 Å². The third-order valence-electron chi connectivity index (χ3n) is 5.96. The van der Waals surface area contributed by atoms with Crippen molar-refractivity contribution < 1.29 is 17.9 Å². The summed E-state index contributed by atoms with van der Waals surface area (Å²) >= 11 is 0. The second kappa shape index (κ2) is 9.73. The molecule has 0 saturated heterocycles. The van der Waals surface area contributed by atoms with Crippen molar-refractivity contribution in [1.29, 1.82) is 0 Å². The fraction of sp³-hybridized carbons (Fsp3) is 0.111. The zero-order valence-corrected chi connectivity index (χ0v) is 20.6. The SMILES string of the molecule is COP(=O)(OC)OP(Cc1ccccc1)(c1ccccc1)(c1ccccc1)c1ccccc1. The maximum absolute atomic E-state index is 13.8. The van der Waals surface area contributed by atoms with E-state index in [1.165, 1.54) is 14.2 Å². The molecule has 0 radical (unpaired) electrons. The van der Waals surface area contributed by atoms with Gasteiger partial charge in [-0.05, 0) is 0 Å². The molecule has 0 spiro atoms. The standard InChI is InChI=1S/C27H28O4P2/c1-29-32(28,30-2)31-33(25-17-9-4-10-18-25,26-19-11-5-12-20-26,27-21-13-6-14-22-27)23-24-15-7-3-8-16-24/h3-22H,23H2,1-2H3. The first-order valence-electron chi connectivity index (χ1n) is 10.7. The van der Waals surface area contributed by atoms with E-state index in [2.05, 4.69) is 48.5 Å². The van der Waals surface area contributed by atoms with Crippen LogP contribution >= 0.6 is 14.7 Å². The van der Waals surface area contributed by atoms with E-state index in [0.717, 1.165) is 21.5 Å². The van der Waals surface area contributed by atoms with Gasteiger partial charge in [-0.15, -0.1) is 0 Å². The number of benzene rings is 4. The predicted octanol–water partition coefficient (Wildman–Crippen LogP) is 6.05. The minimum atomic E-state index is -3.94. The molecule has 0 aliphatic carbocycles. The minimum absolute atomic E-state index is 0.487. The third-order valence-corrected chi connectivity index (χ3v) is 14.2. The Balaban J connectivity index is 2.22. The van der Waals surface area contributed by atoms with Gasteiger partial charge in [-0.2, -0.15) is 0 Å². The molecule has 0 aliphatic rings. The van der Waals surface area contributed by atoms with Crippen LogP contribution in [0, 0.1) is 0 Å². The number of phosphoric ester groups is 1. The van der Waals surface area contributed by atoms with E-state index in [1.807, 2.05) is 72.8 Å². The molecule has 0 saturated carbocycles. The van der Waals surface area contributed by atoms with Crippen LogP contribution in [0.15, 0.2) is 121 Å². The topological polar surface area (TPSA) is 44.8 Å². The fourth-order valence-corrected chi connectivity index (χ4v) is 13.0. The van der Waals surface area contributed by atoms with Gasteiger partial charge in [0.1, 0.15) is 0 Å². The monoisotopic (exact) mass is 478 g/mol. The summed E-state index contributed by atoms with van der Waals surface area (Å²) in [6.45, 7) is -3.93. The second-order valence-corrected chi connectivity index (χ2v) is 14.3. The van der Waals surface area contributed by atoms with E-state index in [9.17, 15) is 4.57 Å². The van der Waals surface area contributed by atoms with Crippen LogP contribution in [0.5, 0.6) is 0 Å². The van der Waals surface area contributed by atoms with Crippen LogP contribution in [0.2, 0.25) is 0 Å². The Kier molecular flexibility index (Phi) is 6.95. The number of hydrogen-bond acceptors (Lipinski definition) is 4. The van der Waals surface area contributed by atoms with Crippen LogP contribution in [-0.2, 0) is 24.1 Å². The molecule has 0 aliphatic heterocycles. The van der Waals surface area contributed by atoms with Crippen molar-refractivity contribution in [2.45, 2.75) is 6.16 Å².